The van der Waals surface area contributed by atoms with Gasteiger partial charge in [0.05, 0.1) is 0 Å². The Balaban J connectivity index is 2.20. The lowest BCUT2D eigenvalue weighted by Crippen LogP contribution is -2.41. The van der Waals surface area contributed by atoms with Crippen molar-refractivity contribution in [3.05, 3.63) is 34.1 Å². The second-order valence-electron chi connectivity index (χ2n) is 6.01. The number of benzene rings is 1. The molecule has 2 nitrogen and oxygen atoms in total. The minimum atomic E-state index is -0.202. The zero-order chi connectivity index (χ0) is 14.7. The summed E-state index contributed by atoms with van der Waals surface area (Å²) in [5.74, 6) is 0.567. The van der Waals surface area contributed by atoms with Gasteiger partial charge >= 0.3 is 0 Å². The maximum Gasteiger partial charge on any atom is 0.123 e. The van der Waals surface area contributed by atoms with Crippen LogP contribution in [0.2, 0.25) is 0 Å². The summed E-state index contributed by atoms with van der Waals surface area (Å²) < 4.78 is 14.5. The van der Waals surface area contributed by atoms with Crippen LogP contribution >= 0.6 is 15.9 Å². The second-order valence-corrected chi connectivity index (χ2v) is 6.86. The third-order valence-electron chi connectivity index (χ3n) is 4.52. The molecule has 1 aromatic rings. The molecule has 0 aliphatic heterocycles. The molecule has 112 valence electrons. The SMILES string of the molecule is CC1CCCC(N(C)C(CN)c2cc(F)ccc2Br)C1. The zero-order valence-electron chi connectivity index (χ0n) is 12.3. The lowest BCUT2D eigenvalue weighted by molar-refractivity contribution is 0.120. The van der Waals surface area contributed by atoms with Gasteiger partial charge in [0.25, 0.3) is 0 Å². The predicted octanol–water partition coefficient (Wildman–Crippen LogP) is 4.10. The molecule has 1 aromatic carbocycles. The molecular weight excluding hydrogens is 319 g/mol. The lowest BCUT2D eigenvalue weighted by Gasteiger charge is -2.39. The van der Waals surface area contributed by atoms with E-state index in [-0.39, 0.29) is 11.9 Å². The Labute approximate surface area is 129 Å². The van der Waals surface area contributed by atoms with Gasteiger partial charge in [0, 0.05) is 23.1 Å². The molecule has 4 heteroatoms. The molecule has 2 rings (SSSR count). The van der Waals surface area contributed by atoms with Crippen molar-refractivity contribution in [2.24, 2.45) is 11.7 Å². The van der Waals surface area contributed by atoms with Crippen LogP contribution < -0.4 is 5.73 Å². The molecule has 0 heterocycles. The van der Waals surface area contributed by atoms with Crippen LogP contribution in [-0.4, -0.2) is 24.5 Å². The van der Waals surface area contributed by atoms with E-state index in [1.54, 1.807) is 12.1 Å². The summed E-state index contributed by atoms with van der Waals surface area (Å²) in [6.45, 7) is 2.82. The summed E-state index contributed by atoms with van der Waals surface area (Å²) in [7, 11) is 2.12. The van der Waals surface area contributed by atoms with Gasteiger partial charge in [-0.25, -0.2) is 4.39 Å². The smallest absolute Gasteiger partial charge is 0.123 e. The summed E-state index contributed by atoms with van der Waals surface area (Å²) in [5, 5.41) is 0. The van der Waals surface area contributed by atoms with E-state index >= 15 is 0 Å². The number of nitrogens with zero attached hydrogens (tertiary/aromatic N) is 1. The van der Waals surface area contributed by atoms with Crippen molar-refractivity contribution in [3.63, 3.8) is 0 Å². The quantitative estimate of drug-likeness (QED) is 0.892. The average Bonchev–Trinajstić information content (AvgIpc) is 2.43. The largest absolute Gasteiger partial charge is 0.329 e. The van der Waals surface area contributed by atoms with E-state index in [4.69, 9.17) is 5.73 Å². The van der Waals surface area contributed by atoms with Gasteiger partial charge in [-0.3, -0.25) is 4.90 Å². The van der Waals surface area contributed by atoms with Crippen LogP contribution in [-0.2, 0) is 0 Å². The molecule has 0 radical (unpaired) electrons. The number of rotatable bonds is 4. The van der Waals surface area contributed by atoms with E-state index in [1.165, 1.54) is 31.7 Å². The Kier molecular flexibility index (Phi) is 5.58. The van der Waals surface area contributed by atoms with Crippen molar-refractivity contribution in [1.29, 1.82) is 0 Å². The van der Waals surface area contributed by atoms with Gasteiger partial charge < -0.3 is 5.73 Å². The van der Waals surface area contributed by atoms with Gasteiger partial charge in [-0.05, 0) is 49.6 Å². The van der Waals surface area contributed by atoms with E-state index in [2.05, 4.69) is 34.8 Å². The van der Waals surface area contributed by atoms with Gasteiger partial charge in [0.15, 0.2) is 0 Å². The predicted molar refractivity (Wildman–Crippen MR) is 85.1 cm³/mol. The lowest BCUT2D eigenvalue weighted by atomic mass is 9.85. The molecule has 1 aliphatic carbocycles. The van der Waals surface area contributed by atoms with E-state index in [0.29, 0.717) is 12.6 Å². The van der Waals surface area contributed by atoms with Crippen LogP contribution in [0, 0.1) is 11.7 Å². The molecule has 0 amide bonds. The highest BCUT2D eigenvalue weighted by Crippen LogP contribution is 2.33. The maximum absolute atomic E-state index is 13.5. The molecule has 2 N–H and O–H groups in total. The Morgan fingerprint density at radius 2 is 2.20 bits per heavy atom. The fraction of sp³-hybridized carbons (Fsp3) is 0.625. The summed E-state index contributed by atoms with van der Waals surface area (Å²) in [5.41, 5.74) is 6.93. The van der Waals surface area contributed by atoms with Crippen molar-refractivity contribution in [1.82, 2.24) is 4.90 Å². The first kappa shape index (κ1) is 15.9. The maximum atomic E-state index is 13.5. The summed E-state index contributed by atoms with van der Waals surface area (Å²) >= 11 is 3.53. The van der Waals surface area contributed by atoms with Crippen molar-refractivity contribution in [2.45, 2.75) is 44.7 Å². The molecule has 3 unspecified atom stereocenters. The van der Waals surface area contributed by atoms with Gasteiger partial charge in [0.1, 0.15) is 5.82 Å². The summed E-state index contributed by atoms with van der Waals surface area (Å²) in [6, 6.07) is 5.46. The Morgan fingerprint density at radius 3 is 2.85 bits per heavy atom. The molecule has 0 spiro atoms. The van der Waals surface area contributed by atoms with Gasteiger partial charge in [0.2, 0.25) is 0 Å². The molecule has 1 saturated carbocycles. The van der Waals surface area contributed by atoms with Crippen molar-refractivity contribution in [2.75, 3.05) is 13.6 Å². The molecule has 1 aliphatic rings. The first-order chi connectivity index (χ1) is 9.52. The first-order valence-electron chi connectivity index (χ1n) is 7.40. The van der Waals surface area contributed by atoms with Crippen molar-refractivity contribution >= 4 is 15.9 Å². The third-order valence-corrected chi connectivity index (χ3v) is 5.24. The minimum Gasteiger partial charge on any atom is -0.329 e. The zero-order valence-corrected chi connectivity index (χ0v) is 13.9. The standard InChI is InChI=1S/C16H24BrFN2/c1-11-4-3-5-13(8-11)20(2)16(10-19)14-9-12(18)6-7-15(14)17/h6-7,9,11,13,16H,3-5,8,10,19H2,1-2H3. The molecule has 0 bridgehead atoms. The molecule has 1 fully saturated rings. The van der Waals surface area contributed by atoms with Crippen LogP contribution in [0.3, 0.4) is 0 Å². The highest BCUT2D eigenvalue weighted by atomic mass is 79.9. The highest BCUT2D eigenvalue weighted by Gasteiger charge is 2.28. The van der Waals surface area contributed by atoms with Crippen LogP contribution in [0.4, 0.5) is 4.39 Å². The Morgan fingerprint density at radius 1 is 1.45 bits per heavy atom. The van der Waals surface area contributed by atoms with E-state index < -0.39 is 0 Å². The van der Waals surface area contributed by atoms with E-state index in [9.17, 15) is 4.39 Å². The van der Waals surface area contributed by atoms with Crippen LogP contribution in [0.15, 0.2) is 22.7 Å². The minimum absolute atomic E-state index is 0.0652. The summed E-state index contributed by atoms with van der Waals surface area (Å²) in [6.07, 6.45) is 5.02. The second kappa shape index (κ2) is 7.01. The van der Waals surface area contributed by atoms with Gasteiger partial charge in [-0.1, -0.05) is 35.7 Å². The molecule has 3 atom stereocenters. The molecule has 20 heavy (non-hydrogen) atoms. The highest BCUT2D eigenvalue weighted by molar-refractivity contribution is 9.10. The first-order valence-corrected chi connectivity index (χ1v) is 8.19. The molecular formula is C16H24BrFN2. The Hall–Kier alpha value is -0.450. The van der Waals surface area contributed by atoms with Gasteiger partial charge in [-0.15, -0.1) is 0 Å². The van der Waals surface area contributed by atoms with Crippen LogP contribution in [0.5, 0.6) is 0 Å². The molecule has 0 saturated heterocycles. The fourth-order valence-electron chi connectivity index (χ4n) is 3.31. The summed E-state index contributed by atoms with van der Waals surface area (Å²) in [4.78, 5) is 2.34. The number of hydrogen-bond acceptors (Lipinski definition) is 2. The topological polar surface area (TPSA) is 29.3 Å². The van der Waals surface area contributed by atoms with E-state index in [0.717, 1.165) is 16.0 Å². The van der Waals surface area contributed by atoms with E-state index in [1.807, 2.05) is 0 Å². The van der Waals surface area contributed by atoms with Crippen molar-refractivity contribution in [3.8, 4) is 0 Å². The van der Waals surface area contributed by atoms with Crippen molar-refractivity contribution < 1.29 is 4.39 Å². The Bertz CT molecular complexity index is 452. The van der Waals surface area contributed by atoms with Crippen LogP contribution in [0.25, 0.3) is 0 Å². The number of likely N-dealkylation sites (N-methyl/N-ethyl adjacent to an activating group) is 1. The normalized spacial score (nSPS) is 24.9. The number of hydrogen-bond donors (Lipinski definition) is 1. The average molecular weight is 343 g/mol. The number of nitrogens with two attached hydrogens (primary N) is 1. The van der Waals surface area contributed by atoms with Gasteiger partial charge in [-0.2, -0.15) is 0 Å². The fourth-order valence-corrected chi connectivity index (χ4v) is 3.82. The molecule has 0 aromatic heterocycles. The third kappa shape index (κ3) is 3.60. The number of halogens is 2. The monoisotopic (exact) mass is 342 g/mol. The van der Waals surface area contributed by atoms with Crippen LogP contribution in [0.1, 0.15) is 44.2 Å².